The predicted octanol–water partition coefficient (Wildman–Crippen LogP) is -1.18. The lowest BCUT2D eigenvalue weighted by Crippen LogP contribution is -2.35. The summed E-state index contributed by atoms with van der Waals surface area (Å²) in [5.41, 5.74) is 1.03. The number of nitrogens with zero attached hydrogens (tertiary/aromatic N) is 1. The van der Waals surface area contributed by atoms with Crippen molar-refractivity contribution in [2.45, 2.75) is 24.3 Å². The Kier molecular flexibility index (Phi) is 5.74. The first-order chi connectivity index (χ1) is 9.13. The van der Waals surface area contributed by atoms with Crippen molar-refractivity contribution in [2.75, 3.05) is 6.61 Å². The van der Waals surface area contributed by atoms with E-state index in [0.29, 0.717) is 16.6 Å². The van der Waals surface area contributed by atoms with Gasteiger partial charge in [-0.2, -0.15) is 0 Å². The van der Waals surface area contributed by atoms with Gasteiger partial charge in [0.25, 0.3) is 5.56 Å². The first-order valence-electron chi connectivity index (χ1n) is 5.91. The summed E-state index contributed by atoms with van der Waals surface area (Å²) in [4.78, 5) is 20.9. The quantitative estimate of drug-likeness (QED) is 0.408. The molecule has 0 aliphatic carbocycles. The molecule has 0 radical (unpaired) electrons. The van der Waals surface area contributed by atoms with Crippen molar-refractivity contribution < 1.29 is 15.3 Å². The number of halogens is 2. The van der Waals surface area contributed by atoms with E-state index in [-0.39, 0.29) is 37.0 Å². The smallest absolute Gasteiger partial charge is 0.275 e. The monoisotopic (exact) mass is 338 g/mol. The van der Waals surface area contributed by atoms with Gasteiger partial charge in [0.1, 0.15) is 17.1 Å². The molecule has 3 rings (SSSR count). The Hall–Kier alpha value is -1.16. The number of hydrogen-bond donors (Lipinski definition) is 6. The molecule has 10 heteroatoms. The van der Waals surface area contributed by atoms with E-state index in [2.05, 4.69) is 20.3 Å². The van der Waals surface area contributed by atoms with E-state index in [9.17, 15) is 15.0 Å². The lowest BCUT2D eigenvalue weighted by Gasteiger charge is -2.14. The molecule has 1 saturated heterocycles. The van der Waals surface area contributed by atoms with E-state index in [1.165, 1.54) is 6.33 Å². The zero-order valence-electron chi connectivity index (χ0n) is 10.7. The molecule has 118 valence electrons. The Labute approximate surface area is 131 Å². The first kappa shape index (κ1) is 17.9. The van der Waals surface area contributed by atoms with Gasteiger partial charge >= 0.3 is 0 Å². The summed E-state index contributed by atoms with van der Waals surface area (Å²) in [6.45, 7) is -0.287. The molecule has 6 N–H and O–H groups in total. The maximum Gasteiger partial charge on any atom is 0.275 e. The topological polar surface area (TPSA) is 134 Å². The van der Waals surface area contributed by atoms with E-state index in [1.54, 1.807) is 6.20 Å². The SMILES string of the molecule is Cl.Cl.O=c1[nH]cnc2c([C@@H]3N[C@H](CO)[C@@H](O)[C@H]3O)c[nH]c12. The van der Waals surface area contributed by atoms with Crippen molar-refractivity contribution in [3.05, 3.63) is 28.4 Å². The van der Waals surface area contributed by atoms with Crippen LogP contribution in [0.3, 0.4) is 0 Å². The number of aliphatic hydroxyl groups excluding tert-OH is 3. The number of aliphatic hydroxyl groups is 3. The van der Waals surface area contributed by atoms with Gasteiger partial charge in [0.15, 0.2) is 0 Å². The zero-order valence-corrected chi connectivity index (χ0v) is 12.3. The van der Waals surface area contributed by atoms with Crippen LogP contribution in [0.25, 0.3) is 11.0 Å². The van der Waals surface area contributed by atoms with Gasteiger partial charge in [-0.3, -0.25) is 4.79 Å². The zero-order chi connectivity index (χ0) is 13.6. The van der Waals surface area contributed by atoms with E-state index >= 15 is 0 Å². The first-order valence-corrected chi connectivity index (χ1v) is 5.91. The molecule has 3 heterocycles. The summed E-state index contributed by atoms with van der Waals surface area (Å²) in [5, 5.41) is 31.8. The van der Waals surface area contributed by atoms with Crippen molar-refractivity contribution >= 4 is 35.8 Å². The summed E-state index contributed by atoms with van der Waals surface area (Å²) < 4.78 is 0. The molecule has 8 nitrogen and oxygen atoms in total. The number of H-pyrrole nitrogens is 2. The van der Waals surface area contributed by atoms with Crippen LogP contribution in [0.5, 0.6) is 0 Å². The van der Waals surface area contributed by atoms with Crippen molar-refractivity contribution in [3.8, 4) is 0 Å². The summed E-state index contributed by atoms with van der Waals surface area (Å²) >= 11 is 0. The average molecular weight is 339 g/mol. The van der Waals surface area contributed by atoms with E-state index in [1.807, 2.05) is 0 Å². The predicted molar refractivity (Wildman–Crippen MR) is 80.0 cm³/mol. The Morgan fingerprint density at radius 1 is 1.19 bits per heavy atom. The molecule has 2 aromatic heterocycles. The van der Waals surface area contributed by atoms with Crippen LogP contribution in [0.1, 0.15) is 11.6 Å². The molecule has 0 bridgehead atoms. The minimum absolute atomic E-state index is 0. The number of aromatic nitrogens is 3. The van der Waals surface area contributed by atoms with Gasteiger partial charge in [0, 0.05) is 11.8 Å². The van der Waals surface area contributed by atoms with E-state index in [0.717, 1.165) is 0 Å². The minimum atomic E-state index is -1.07. The normalized spacial score (nSPS) is 28.1. The second-order valence-electron chi connectivity index (χ2n) is 4.61. The number of aromatic amines is 2. The molecule has 4 atom stereocenters. The van der Waals surface area contributed by atoms with Crippen molar-refractivity contribution in [1.82, 2.24) is 20.3 Å². The number of rotatable bonds is 2. The highest BCUT2D eigenvalue weighted by Gasteiger charge is 2.42. The van der Waals surface area contributed by atoms with Crippen LogP contribution in [0, 0.1) is 0 Å². The maximum atomic E-state index is 11.6. The number of nitrogens with one attached hydrogen (secondary N) is 3. The van der Waals surface area contributed by atoms with Gasteiger partial charge in [0.05, 0.1) is 31.1 Å². The summed E-state index contributed by atoms with van der Waals surface area (Å²) in [6, 6.07) is -1.19. The summed E-state index contributed by atoms with van der Waals surface area (Å²) in [7, 11) is 0. The van der Waals surface area contributed by atoms with Crippen LogP contribution in [0.4, 0.5) is 0 Å². The molecule has 1 aliphatic heterocycles. The fraction of sp³-hybridized carbons (Fsp3) is 0.455. The fourth-order valence-corrected chi connectivity index (χ4v) is 2.51. The van der Waals surface area contributed by atoms with Crippen LogP contribution < -0.4 is 10.9 Å². The van der Waals surface area contributed by atoms with Crippen LogP contribution >= 0.6 is 24.8 Å². The highest BCUT2D eigenvalue weighted by atomic mass is 35.5. The van der Waals surface area contributed by atoms with E-state index < -0.39 is 24.3 Å². The molecule has 0 aromatic carbocycles. The van der Waals surface area contributed by atoms with Crippen molar-refractivity contribution in [3.63, 3.8) is 0 Å². The molecular formula is C11H16Cl2N4O4. The Balaban J connectivity index is 0.00000110. The molecule has 0 amide bonds. The van der Waals surface area contributed by atoms with Gasteiger partial charge in [0.2, 0.25) is 0 Å². The highest BCUT2D eigenvalue weighted by molar-refractivity contribution is 5.85. The Bertz CT molecular complexity index is 661. The van der Waals surface area contributed by atoms with Gasteiger partial charge in [-0.25, -0.2) is 4.98 Å². The van der Waals surface area contributed by atoms with Gasteiger partial charge in [-0.05, 0) is 0 Å². The molecule has 1 fully saturated rings. The largest absolute Gasteiger partial charge is 0.395 e. The van der Waals surface area contributed by atoms with Crippen molar-refractivity contribution in [1.29, 1.82) is 0 Å². The van der Waals surface area contributed by atoms with Gasteiger partial charge in [-0.1, -0.05) is 0 Å². The molecule has 0 spiro atoms. The molecule has 2 aromatic rings. The van der Waals surface area contributed by atoms with E-state index in [4.69, 9.17) is 5.11 Å². The van der Waals surface area contributed by atoms with Crippen LogP contribution in [-0.4, -0.2) is 55.1 Å². The molecule has 21 heavy (non-hydrogen) atoms. The summed E-state index contributed by atoms with van der Waals surface area (Å²) in [6.07, 6.45) is 0.711. The molecular weight excluding hydrogens is 323 g/mol. The average Bonchev–Trinajstić information content (AvgIpc) is 2.94. The summed E-state index contributed by atoms with van der Waals surface area (Å²) in [5.74, 6) is 0. The standard InChI is InChI=1S/C11H14N4O4.2ClH/c16-2-5-9(17)10(18)7(15-5)4-1-12-8-6(4)13-3-14-11(8)19;;/h1,3,5,7,9-10,12,15-18H,2H2,(H,13,14,19);2*1H/t5-,7+,9-,10+;;/m1../s1. The second-order valence-corrected chi connectivity index (χ2v) is 4.61. The maximum absolute atomic E-state index is 11.6. The van der Waals surface area contributed by atoms with Crippen molar-refractivity contribution in [2.24, 2.45) is 0 Å². The van der Waals surface area contributed by atoms with Crippen LogP contribution in [0.15, 0.2) is 17.3 Å². The third-order valence-corrected chi connectivity index (χ3v) is 3.53. The fourth-order valence-electron chi connectivity index (χ4n) is 2.51. The lowest BCUT2D eigenvalue weighted by atomic mass is 10.0. The minimum Gasteiger partial charge on any atom is -0.395 e. The number of hydrogen-bond acceptors (Lipinski definition) is 6. The van der Waals surface area contributed by atoms with Crippen LogP contribution in [-0.2, 0) is 0 Å². The molecule has 0 unspecified atom stereocenters. The third kappa shape index (κ3) is 2.78. The third-order valence-electron chi connectivity index (χ3n) is 3.53. The Morgan fingerprint density at radius 3 is 2.52 bits per heavy atom. The van der Waals surface area contributed by atoms with Gasteiger partial charge in [-0.15, -0.1) is 24.8 Å². The number of fused-ring (bicyclic) bond motifs is 1. The van der Waals surface area contributed by atoms with Crippen LogP contribution in [0.2, 0.25) is 0 Å². The van der Waals surface area contributed by atoms with Gasteiger partial charge < -0.3 is 30.6 Å². The molecule has 1 aliphatic rings. The highest BCUT2D eigenvalue weighted by Crippen LogP contribution is 2.30. The lowest BCUT2D eigenvalue weighted by molar-refractivity contribution is 0.0196. The molecule has 0 saturated carbocycles. The second kappa shape index (κ2) is 6.73. The Morgan fingerprint density at radius 2 is 1.90 bits per heavy atom.